The van der Waals surface area contributed by atoms with Crippen molar-refractivity contribution in [1.29, 1.82) is 0 Å². The summed E-state index contributed by atoms with van der Waals surface area (Å²) in [6.45, 7) is 2.47. The highest BCUT2D eigenvalue weighted by molar-refractivity contribution is 7.06. The summed E-state index contributed by atoms with van der Waals surface area (Å²) in [5.74, 6) is 0. The molecule has 0 atom stereocenters. The highest BCUT2D eigenvalue weighted by Crippen LogP contribution is 2.23. The van der Waals surface area contributed by atoms with Gasteiger partial charge in [-0.25, -0.2) is 0 Å². The van der Waals surface area contributed by atoms with E-state index in [2.05, 4.69) is 85.4 Å². The van der Waals surface area contributed by atoms with Gasteiger partial charge in [0.05, 0.1) is 0 Å². The molecule has 2 aromatic carbocycles. The van der Waals surface area contributed by atoms with E-state index in [4.69, 9.17) is 0 Å². The average molecular weight is 262 g/mol. The maximum atomic E-state index is 2.47. The van der Waals surface area contributed by atoms with Gasteiger partial charge in [0, 0.05) is 0 Å². The lowest BCUT2D eigenvalue weighted by Gasteiger charge is -2.30. The molecule has 1 heteroatoms. The van der Waals surface area contributed by atoms with E-state index in [1.54, 1.807) is 5.20 Å². The SMILES string of the molecule is C[Si](C1=CC=CC1)(c1ccccc1)c1ccccc1. The highest BCUT2D eigenvalue weighted by Gasteiger charge is 2.35. The van der Waals surface area contributed by atoms with E-state index < -0.39 is 8.07 Å². The van der Waals surface area contributed by atoms with Crippen LogP contribution in [-0.4, -0.2) is 8.07 Å². The van der Waals surface area contributed by atoms with Crippen molar-refractivity contribution in [3.63, 3.8) is 0 Å². The van der Waals surface area contributed by atoms with E-state index >= 15 is 0 Å². The van der Waals surface area contributed by atoms with Gasteiger partial charge in [-0.05, 0) is 16.8 Å². The molecule has 0 radical (unpaired) electrons. The van der Waals surface area contributed by atoms with E-state index in [-0.39, 0.29) is 0 Å². The lowest BCUT2D eigenvalue weighted by molar-refractivity contribution is 1.37. The summed E-state index contributed by atoms with van der Waals surface area (Å²) in [6, 6.07) is 22.0. The minimum atomic E-state index is -1.77. The number of hydrogen-bond acceptors (Lipinski definition) is 0. The normalized spacial score (nSPS) is 14.5. The molecule has 1 aliphatic carbocycles. The van der Waals surface area contributed by atoms with E-state index in [1.165, 1.54) is 10.4 Å². The lowest BCUT2D eigenvalue weighted by atomic mass is 10.4. The molecule has 0 N–H and O–H groups in total. The minimum Gasteiger partial charge on any atom is -0.0808 e. The van der Waals surface area contributed by atoms with Crippen LogP contribution in [0.5, 0.6) is 0 Å². The quantitative estimate of drug-likeness (QED) is 0.745. The fourth-order valence-electron chi connectivity index (χ4n) is 2.90. The standard InChI is InChI=1S/C18H18Si/c1-19(18-14-8-9-15-18,16-10-4-2-5-11-16)17-12-6-3-7-13-17/h2-14H,15H2,1H3. The predicted octanol–water partition coefficient (Wildman–Crippen LogP) is 3.30. The first-order valence-corrected chi connectivity index (χ1v) is 9.29. The summed E-state index contributed by atoms with van der Waals surface area (Å²) < 4.78 is 0. The van der Waals surface area contributed by atoms with Crippen LogP contribution in [0.15, 0.2) is 84.1 Å². The Kier molecular flexibility index (Phi) is 3.22. The number of benzene rings is 2. The molecule has 0 spiro atoms. The van der Waals surface area contributed by atoms with Crippen LogP contribution in [0.25, 0.3) is 0 Å². The Morgan fingerprint density at radius 2 is 1.32 bits per heavy atom. The van der Waals surface area contributed by atoms with Gasteiger partial charge in [0.2, 0.25) is 0 Å². The van der Waals surface area contributed by atoms with E-state index in [0.717, 1.165) is 6.42 Å². The van der Waals surface area contributed by atoms with Gasteiger partial charge in [0.15, 0.2) is 0 Å². The van der Waals surface area contributed by atoms with Gasteiger partial charge in [0.1, 0.15) is 8.07 Å². The third-order valence-corrected chi connectivity index (χ3v) is 8.75. The summed E-state index contributed by atoms with van der Waals surface area (Å²) >= 11 is 0. The maximum absolute atomic E-state index is 2.47. The fraction of sp³-hybridized carbons (Fsp3) is 0.111. The highest BCUT2D eigenvalue weighted by atomic mass is 28.3. The predicted molar refractivity (Wildman–Crippen MR) is 85.6 cm³/mol. The van der Waals surface area contributed by atoms with Crippen LogP contribution >= 0.6 is 0 Å². The second kappa shape index (κ2) is 5.02. The Morgan fingerprint density at radius 1 is 0.789 bits per heavy atom. The molecule has 0 nitrogen and oxygen atoms in total. The van der Waals surface area contributed by atoms with Crippen LogP contribution in [0.3, 0.4) is 0 Å². The van der Waals surface area contributed by atoms with Crippen molar-refractivity contribution in [2.45, 2.75) is 13.0 Å². The smallest absolute Gasteiger partial charge is 0.0808 e. The molecular weight excluding hydrogens is 244 g/mol. The molecule has 0 bridgehead atoms. The third-order valence-electron chi connectivity index (χ3n) is 4.12. The molecule has 0 aliphatic heterocycles. The maximum Gasteiger partial charge on any atom is 0.141 e. The molecular formula is C18H18Si. The van der Waals surface area contributed by atoms with E-state index in [0.29, 0.717) is 0 Å². The van der Waals surface area contributed by atoms with E-state index in [1.807, 2.05) is 0 Å². The van der Waals surface area contributed by atoms with Gasteiger partial charge in [-0.3, -0.25) is 0 Å². The van der Waals surface area contributed by atoms with Crippen molar-refractivity contribution in [3.05, 3.63) is 84.1 Å². The molecule has 0 aromatic heterocycles. The number of hydrogen-bond donors (Lipinski definition) is 0. The lowest BCUT2D eigenvalue weighted by Crippen LogP contribution is -2.57. The summed E-state index contributed by atoms with van der Waals surface area (Å²) in [5, 5.41) is 4.59. The number of rotatable bonds is 3. The second-order valence-corrected chi connectivity index (χ2v) is 9.23. The molecule has 3 rings (SSSR count). The first-order valence-electron chi connectivity index (χ1n) is 6.79. The van der Waals surface area contributed by atoms with Gasteiger partial charge in [-0.1, -0.05) is 90.6 Å². The van der Waals surface area contributed by atoms with Crippen LogP contribution in [-0.2, 0) is 0 Å². The summed E-state index contributed by atoms with van der Waals surface area (Å²) in [6.07, 6.45) is 7.90. The van der Waals surface area contributed by atoms with Crippen LogP contribution in [0.1, 0.15) is 6.42 Å². The molecule has 0 amide bonds. The molecule has 0 fully saturated rings. The first kappa shape index (κ1) is 12.2. The first-order chi connectivity index (χ1) is 9.32. The average Bonchev–Trinajstić information content (AvgIpc) is 3.03. The molecule has 0 saturated carbocycles. The zero-order chi connectivity index (χ0) is 13.1. The van der Waals surface area contributed by atoms with E-state index in [9.17, 15) is 0 Å². The van der Waals surface area contributed by atoms with Crippen LogP contribution < -0.4 is 10.4 Å². The minimum absolute atomic E-state index is 1.10. The molecule has 0 unspecified atom stereocenters. The zero-order valence-corrected chi connectivity index (χ0v) is 12.2. The Bertz CT molecular complexity index is 569. The van der Waals surface area contributed by atoms with Crippen molar-refractivity contribution >= 4 is 18.4 Å². The van der Waals surface area contributed by atoms with Crippen molar-refractivity contribution in [2.75, 3.05) is 0 Å². The largest absolute Gasteiger partial charge is 0.141 e. The van der Waals surface area contributed by atoms with Gasteiger partial charge in [0.25, 0.3) is 0 Å². The third kappa shape index (κ3) is 2.11. The Balaban J connectivity index is 2.17. The number of allylic oxidation sites excluding steroid dienone is 4. The van der Waals surface area contributed by atoms with Crippen LogP contribution in [0.2, 0.25) is 6.55 Å². The van der Waals surface area contributed by atoms with Gasteiger partial charge in [-0.2, -0.15) is 0 Å². The monoisotopic (exact) mass is 262 g/mol. The second-order valence-electron chi connectivity index (χ2n) is 5.18. The molecule has 0 saturated heterocycles. The van der Waals surface area contributed by atoms with Gasteiger partial charge >= 0.3 is 0 Å². The summed E-state index contributed by atoms with van der Waals surface area (Å²) in [4.78, 5) is 0. The summed E-state index contributed by atoms with van der Waals surface area (Å²) in [7, 11) is -1.77. The molecule has 19 heavy (non-hydrogen) atoms. The molecule has 2 aromatic rings. The fourth-order valence-corrected chi connectivity index (χ4v) is 6.65. The molecule has 0 heterocycles. The molecule has 94 valence electrons. The van der Waals surface area contributed by atoms with Crippen molar-refractivity contribution in [2.24, 2.45) is 0 Å². The Morgan fingerprint density at radius 3 is 1.74 bits per heavy atom. The Labute approximate surface area is 116 Å². The van der Waals surface area contributed by atoms with Crippen molar-refractivity contribution in [1.82, 2.24) is 0 Å². The van der Waals surface area contributed by atoms with Gasteiger partial charge in [-0.15, -0.1) is 0 Å². The van der Waals surface area contributed by atoms with Crippen LogP contribution in [0.4, 0.5) is 0 Å². The van der Waals surface area contributed by atoms with Crippen molar-refractivity contribution in [3.8, 4) is 0 Å². The van der Waals surface area contributed by atoms with Crippen molar-refractivity contribution < 1.29 is 0 Å². The zero-order valence-electron chi connectivity index (χ0n) is 11.2. The summed E-state index contributed by atoms with van der Waals surface area (Å²) in [5.41, 5.74) is 0. The Hall–Kier alpha value is -1.86. The van der Waals surface area contributed by atoms with Gasteiger partial charge < -0.3 is 0 Å². The topological polar surface area (TPSA) is 0 Å². The van der Waals surface area contributed by atoms with Crippen LogP contribution in [0, 0.1) is 0 Å². The molecule has 1 aliphatic rings.